The summed E-state index contributed by atoms with van der Waals surface area (Å²) in [7, 11) is 0. The van der Waals surface area contributed by atoms with Crippen molar-refractivity contribution in [3.63, 3.8) is 0 Å². The molecule has 6 heteroatoms. The van der Waals surface area contributed by atoms with E-state index in [9.17, 15) is 10.1 Å². The number of halogens is 1. The molecule has 98 valence electrons. The van der Waals surface area contributed by atoms with Crippen molar-refractivity contribution in [2.24, 2.45) is 0 Å². The minimum Gasteiger partial charge on any atom is -0.377 e. The highest BCUT2D eigenvalue weighted by Gasteiger charge is 2.18. The third-order valence-electron chi connectivity index (χ3n) is 3.09. The number of hydrogen-bond donors (Lipinski definition) is 2. The largest absolute Gasteiger partial charge is 0.377 e. The van der Waals surface area contributed by atoms with Gasteiger partial charge in [0.1, 0.15) is 5.69 Å². The van der Waals surface area contributed by atoms with Gasteiger partial charge >= 0.3 is 0 Å². The molecule has 1 aromatic rings. The van der Waals surface area contributed by atoms with Crippen molar-refractivity contribution in [1.82, 2.24) is 5.32 Å². The van der Waals surface area contributed by atoms with Crippen molar-refractivity contribution in [3.8, 4) is 0 Å². The van der Waals surface area contributed by atoms with Gasteiger partial charge in [-0.3, -0.25) is 10.1 Å². The first-order chi connectivity index (χ1) is 8.66. The van der Waals surface area contributed by atoms with Crippen molar-refractivity contribution in [1.29, 1.82) is 0 Å². The maximum Gasteiger partial charge on any atom is 0.292 e. The minimum absolute atomic E-state index is 0.135. The lowest BCUT2D eigenvalue weighted by Crippen LogP contribution is -2.22. The standard InChI is InChI=1S/C12H16BrN3O2/c13-9-3-4-12(16(17)18)11(8-9)15-10-2-1-6-14-7-5-10/h3-4,8,10,14-15H,1-2,5-7H2. The molecule has 2 rings (SSSR count). The molecule has 0 radical (unpaired) electrons. The van der Waals surface area contributed by atoms with Crippen LogP contribution in [-0.2, 0) is 0 Å². The van der Waals surface area contributed by atoms with Crippen LogP contribution in [0.3, 0.4) is 0 Å². The number of nitro groups is 1. The molecule has 5 nitrogen and oxygen atoms in total. The molecule has 1 heterocycles. The molecule has 18 heavy (non-hydrogen) atoms. The van der Waals surface area contributed by atoms with Crippen LogP contribution in [-0.4, -0.2) is 24.1 Å². The fourth-order valence-corrected chi connectivity index (χ4v) is 2.53. The smallest absolute Gasteiger partial charge is 0.292 e. The number of rotatable bonds is 3. The van der Waals surface area contributed by atoms with Crippen LogP contribution in [0.25, 0.3) is 0 Å². The number of anilines is 1. The second-order valence-electron chi connectivity index (χ2n) is 4.44. The molecule has 1 saturated heterocycles. The van der Waals surface area contributed by atoms with Gasteiger partial charge in [0, 0.05) is 16.6 Å². The van der Waals surface area contributed by atoms with E-state index >= 15 is 0 Å². The van der Waals surface area contributed by atoms with Gasteiger partial charge in [-0.2, -0.15) is 0 Å². The highest BCUT2D eigenvalue weighted by molar-refractivity contribution is 9.10. The van der Waals surface area contributed by atoms with Crippen molar-refractivity contribution >= 4 is 27.3 Å². The zero-order valence-corrected chi connectivity index (χ0v) is 11.6. The summed E-state index contributed by atoms with van der Waals surface area (Å²) in [5.41, 5.74) is 0.733. The van der Waals surface area contributed by atoms with Gasteiger partial charge in [-0.25, -0.2) is 0 Å². The molecule has 1 aromatic carbocycles. The van der Waals surface area contributed by atoms with Crippen LogP contribution in [0.1, 0.15) is 19.3 Å². The van der Waals surface area contributed by atoms with Gasteiger partial charge in [-0.1, -0.05) is 15.9 Å². The summed E-state index contributed by atoms with van der Waals surface area (Å²) >= 11 is 3.35. The highest BCUT2D eigenvalue weighted by atomic mass is 79.9. The summed E-state index contributed by atoms with van der Waals surface area (Å²) < 4.78 is 0.849. The Morgan fingerprint density at radius 1 is 1.39 bits per heavy atom. The van der Waals surface area contributed by atoms with Crippen molar-refractivity contribution in [2.75, 3.05) is 18.4 Å². The third-order valence-corrected chi connectivity index (χ3v) is 3.58. The minimum atomic E-state index is -0.344. The fraction of sp³-hybridized carbons (Fsp3) is 0.500. The topological polar surface area (TPSA) is 67.2 Å². The molecule has 1 aliphatic heterocycles. The maximum absolute atomic E-state index is 11.0. The summed E-state index contributed by atoms with van der Waals surface area (Å²) in [6, 6.07) is 5.29. The second-order valence-corrected chi connectivity index (χ2v) is 5.36. The molecule has 1 aliphatic rings. The van der Waals surface area contributed by atoms with E-state index in [0.717, 1.165) is 36.8 Å². The molecule has 1 unspecified atom stereocenters. The maximum atomic E-state index is 11.0. The summed E-state index contributed by atoms with van der Waals surface area (Å²) in [6.07, 6.45) is 3.12. The Morgan fingerprint density at radius 3 is 3.00 bits per heavy atom. The highest BCUT2D eigenvalue weighted by Crippen LogP contribution is 2.29. The van der Waals surface area contributed by atoms with Gasteiger partial charge in [-0.15, -0.1) is 0 Å². The van der Waals surface area contributed by atoms with E-state index in [0.29, 0.717) is 11.7 Å². The molecular weight excluding hydrogens is 298 g/mol. The van der Waals surface area contributed by atoms with E-state index in [1.165, 1.54) is 6.07 Å². The van der Waals surface area contributed by atoms with Gasteiger partial charge in [0.15, 0.2) is 0 Å². The predicted molar refractivity (Wildman–Crippen MR) is 74.9 cm³/mol. The molecule has 0 spiro atoms. The zero-order chi connectivity index (χ0) is 13.0. The van der Waals surface area contributed by atoms with Crippen LogP contribution in [0, 0.1) is 10.1 Å². The van der Waals surface area contributed by atoms with Crippen LogP contribution in [0.15, 0.2) is 22.7 Å². The Labute approximate surface area is 114 Å². The molecule has 0 aromatic heterocycles. The Kier molecular flexibility index (Phi) is 4.54. The number of nitrogens with one attached hydrogen (secondary N) is 2. The van der Waals surface area contributed by atoms with E-state index in [1.54, 1.807) is 12.1 Å². The number of benzene rings is 1. The third kappa shape index (κ3) is 3.43. The number of nitrogens with zero attached hydrogens (tertiary/aromatic N) is 1. The lowest BCUT2D eigenvalue weighted by atomic mass is 10.1. The second kappa shape index (κ2) is 6.15. The van der Waals surface area contributed by atoms with Gasteiger partial charge in [0.25, 0.3) is 5.69 Å². The first kappa shape index (κ1) is 13.3. The lowest BCUT2D eigenvalue weighted by molar-refractivity contribution is -0.384. The fourth-order valence-electron chi connectivity index (χ4n) is 2.17. The normalized spacial score (nSPS) is 20.2. The van der Waals surface area contributed by atoms with Crippen LogP contribution < -0.4 is 10.6 Å². The van der Waals surface area contributed by atoms with E-state index in [1.807, 2.05) is 0 Å². The van der Waals surface area contributed by atoms with E-state index in [-0.39, 0.29) is 10.6 Å². The van der Waals surface area contributed by atoms with Crippen LogP contribution in [0.4, 0.5) is 11.4 Å². The van der Waals surface area contributed by atoms with E-state index in [2.05, 4.69) is 26.6 Å². The van der Waals surface area contributed by atoms with Crippen LogP contribution >= 0.6 is 15.9 Å². The molecule has 1 atom stereocenters. The van der Waals surface area contributed by atoms with Gasteiger partial charge in [0.2, 0.25) is 0 Å². The Morgan fingerprint density at radius 2 is 2.22 bits per heavy atom. The van der Waals surface area contributed by atoms with Crippen LogP contribution in [0.5, 0.6) is 0 Å². The summed E-state index contributed by atoms with van der Waals surface area (Å²) in [5.74, 6) is 0. The first-order valence-corrected chi connectivity index (χ1v) is 6.87. The summed E-state index contributed by atoms with van der Waals surface area (Å²) in [4.78, 5) is 10.6. The summed E-state index contributed by atoms with van der Waals surface area (Å²) in [6.45, 7) is 1.98. The molecule has 1 fully saturated rings. The Balaban J connectivity index is 2.15. The quantitative estimate of drug-likeness (QED) is 0.665. The van der Waals surface area contributed by atoms with Crippen molar-refractivity contribution < 1.29 is 4.92 Å². The Hall–Kier alpha value is -1.14. The number of nitro benzene ring substituents is 1. The van der Waals surface area contributed by atoms with Crippen LogP contribution in [0.2, 0.25) is 0 Å². The van der Waals surface area contributed by atoms with Gasteiger partial charge < -0.3 is 10.6 Å². The van der Waals surface area contributed by atoms with Gasteiger partial charge in [0.05, 0.1) is 4.92 Å². The van der Waals surface area contributed by atoms with E-state index in [4.69, 9.17) is 0 Å². The molecule has 2 N–H and O–H groups in total. The zero-order valence-electron chi connectivity index (χ0n) is 9.99. The number of hydrogen-bond acceptors (Lipinski definition) is 4. The average molecular weight is 314 g/mol. The van der Waals surface area contributed by atoms with Crippen molar-refractivity contribution in [2.45, 2.75) is 25.3 Å². The first-order valence-electron chi connectivity index (χ1n) is 6.08. The molecular formula is C12H16BrN3O2. The van der Waals surface area contributed by atoms with E-state index < -0.39 is 0 Å². The monoisotopic (exact) mass is 313 g/mol. The molecule has 0 saturated carbocycles. The summed E-state index contributed by atoms with van der Waals surface area (Å²) in [5, 5.41) is 17.6. The van der Waals surface area contributed by atoms with Gasteiger partial charge in [-0.05, 0) is 44.5 Å². The average Bonchev–Trinajstić information content (AvgIpc) is 2.57. The predicted octanol–water partition coefficient (Wildman–Crippen LogP) is 2.91. The Bertz CT molecular complexity index is 431. The molecule has 0 aliphatic carbocycles. The molecule has 0 bridgehead atoms. The molecule has 0 amide bonds. The van der Waals surface area contributed by atoms with Crippen molar-refractivity contribution in [3.05, 3.63) is 32.8 Å². The lowest BCUT2D eigenvalue weighted by Gasteiger charge is -2.17. The SMILES string of the molecule is O=[N+]([O-])c1ccc(Br)cc1NC1CCCNCC1.